The number of hydrogen-bond acceptors (Lipinski definition) is 5. The lowest BCUT2D eigenvalue weighted by atomic mass is 10.2. The Morgan fingerprint density at radius 1 is 1.07 bits per heavy atom. The zero-order valence-electron chi connectivity index (χ0n) is 15.4. The zero-order valence-corrected chi connectivity index (χ0v) is 16.9. The Morgan fingerprint density at radius 3 is 2.59 bits per heavy atom. The second-order valence-electron chi connectivity index (χ2n) is 5.88. The molecule has 1 aromatic heterocycles. The van der Waals surface area contributed by atoms with Gasteiger partial charge < -0.3 is 9.47 Å². The molecular weight excluding hydrogens is 413 g/mol. The summed E-state index contributed by atoms with van der Waals surface area (Å²) >= 11 is 11.9. The van der Waals surface area contributed by atoms with E-state index in [0.29, 0.717) is 33.7 Å². The molecule has 148 valence electrons. The number of methoxy groups -OCH3 is 1. The summed E-state index contributed by atoms with van der Waals surface area (Å²) in [5.41, 5.74) is 4.55. The average molecular weight is 430 g/mol. The maximum atomic E-state index is 12.0. The van der Waals surface area contributed by atoms with Gasteiger partial charge in [-0.3, -0.25) is 9.78 Å². The van der Waals surface area contributed by atoms with Crippen LogP contribution in [0, 0.1) is 0 Å². The fourth-order valence-corrected chi connectivity index (χ4v) is 2.73. The van der Waals surface area contributed by atoms with Crippen LogP contribution in [0.2, 0.25) is 10.0 Å². The SMILES string of the molecule is COc1cc(/C=N\NC(=O)c2ccncc2)ccc1OCc1ccc(Cl)c(Cl)c1. The molecule has 1 amide bonds. The first kappa shape index (κ1) is 20.6. The molecule has 0 aliphatic rings. The molecule has 0 saturated carbocycles. The molecule has 0 bridgehead atoms. The van der Waals surface area contributed by atoms with E-state index < -0.39 is 0 Å². The number of carbonyl (C=O) groups is 1. The zero-order chi connectivity index (χ0) is 20.6. The average Bonchev–Trinajstić information content (AvgIpc) is 2.75. The predicted octanol–water partition coefficient (Wildman–Crippen LogP) is 4.74. The molecule has 0 spiro atoms. The molecule has 0 radical (unpaired) electrons. The Labute approximate surface area is 178 Å². The van der Waals surface area contributed by atoms with Crippen LogP contribution in [0.4, 0.5) is 0 Å². The number of pyridine rings is 1. The third-order valence-corrected chi connectivity index (χ3v) is 4.63. The van der Waals surface area contributed by atoms with E-state index in [4.69, 9.17) is 32.7 Å². The van der Waals surface area contributed by atoms with Crippen molar-refractivity contribution in [2.45, 2.75) is 6.61 Å². The molecule has 3 rings (SSSR count). The van der Waals surface area contributed by atoms with Gasteiger partial charge in [0.15, 0.2) is 11.5 Å². The van der Waals surface area contributed by atoms with Crippen LogP contribution in [-0.2, 0) is 6.61 Å². The summed E-state index contributed by atoms with van der Waals surface area (Å²) in [6, 6.07) is 13.8. The van der Waals surface area contributed by atoms with Crippen molar-refractivity contribution in [2.75, 3.05) is 7.11 Å². The lowest BCUT2D eigenvalue weighted by molar-refractivity contribution is 0.0955. The van der Waals surface area contributed by atoms with E-state index >= 15 is 0 Å². The molecular formula is C21H17Cl2N3O3. The van der Waals surface area contributed by atoms with Crippen LogP contribution in [0.15, 0.2) is 66.0 Å². The number of carbonyl (C=O) groups excluding carboxylic acids is 1. The van der Waals surface area contributed by atoms with Gasteiger partial charge in [-0.05, 0) is 53.6 Å². The van der Waals surface area contributed by atoms with Crippen LogP contribution in [-0.4, -0.2) is 24.2 Å². The van der Waals surface area contributed by atoms with Crippen molar-refractivity contribution in [3.05, 3.63) is 87.7 Å². The Balaban J connectivity index is 1.63. The van der Waals surface area contributed by atoms with Gasteiger partial charge in [0.1, 0.15) is 6.61 Å². The summed E-state index contributed by atoms with van der Waals surface area (Å²) in [7, 11) is 1.55. The van der Waals surface area contributed by atoms with Crippen LogP contribution in [0.3, 0.4) is 0 Å². The number of hydrazone groups is 1. The number of aromatic nitrogens is 1. The van der Waals surface area contributed by atoms with Gasteiger partial charge in [-0.15, -0.1) is 0 Å². The number of benzene rings is 2. The van der Waals surface area contributed by atoms with E-state index in [1.165, 1.54) is 6.21 Å². The number of rotatable bonds is 7. The second-order valence-corrected chi connectivity index (χ2v) is 6.70. The first-order valence-corrected chi connectivity index (χ1v) is 9.30. The molecule has 3 aromatic rings. The second kappa shape index (κ2) is 9.91. The smallest absolute Gasteiger partial charge is 0.271 e. The lowest BCUT2D eigenvalue weighted by Gasteiger charge is -2.11. The number of nitrogens with zero attached hydrogens (tertiary/aromatic N) is 2. The number of nitrogens with one attached hydrogen (secondary N) is 1. The van der Waals surface area contributed by atoms with Crippen molar-refractivity contribution in [1.82, 2.24) is 10.4 Å². The largest absolute Gasteiger partial charge is 0.493 e. The van der Waals surface area contributed by atoms with E-state index in [-0.39, 0.29) is 5.91 Å². The molecule has 0 aliphatic heterocycles. The fraction of sp³-hybridized carbons (Fsp3) is 0.0952. The van der Waals surface area contributed by atoms with Crippen molar-refractivity contribution in [1.29, 1.82) is 0 Å². The Kier molecular flexibility index (Phi) is 7.05. The van der Waals surface area contributed by atoms with Crippen LogP contribution in [0.5, 0.6) is 11.5 Å². The summed E-state index contributed by atoms with van der Waals surface area (Å²) in [5, 5.41) is 4.93. The van der Waals surface area contributed by atoms with Crippen LogP contribution in [0.25, 0.3) is 0 Å². The maximum absolute atomic E-state index is 12.0. The number of amides is 1. The number of hydrogen-bond donors (Lipinski definition) is 1. The van der Waals surface area contributed by atoms with Gasteiger partial charge in [-0.2, -0.15) is 5.10 Å². The highest BCUT2D eigenvalue weighted by Gasteiger charge is 2.07. The summed E-state index contributed by atoms with van der Waals surface area (Å²) in [6.07, 6.45) is 4.60. The first-order chi connectivity index (χ1) is 14.1. The van der Waals surface area contributed by atoms with Gasteiger partial charge in [-0.1, -0.05) is 29.3 Å². The minimum absolute atomic E-state index is 0.308. The molecule has 2 aromatic carbocycles. The molecule has 6 nitrogen and oxygen atoms in total. The highest BCUT2D eigenvalue weighted by atomic mass is 35.5. The molecule has 0 aliphatic carbocycles. The fourth-order valence-electron chi connectivity index (χ4n) is 2.41. The van der Waals surface area contributed by atoms with Crippen molar-refractivity contribution < 1.29 is 14.3 Å². The van der Waals surface area contributed by atoms with E-state index in [9.17, 15) is 4.79 Å². The van der Waals surface area contributed by atoms with E-state index in [1.807, 2.05) is 6.07 Å². The van der Waals surface area contributed by atoms with Gasteiger partial charge >= 0.3 is 0 Å². The summed E-state index contributed by atoms with van der Waals surface area (Å²) in [6.45, 7) is 0.308. The topological polar surface area (TPSA) is 72.8 Å². The number of halogens is 2. The molecule has 0 unspecified atom stereocenters. The molecule has 0 atom stereocenters. The summed E-state index contributed by atoms with van der Waals surface area (Å²) in [5.74, 6) is 0.781. The maximum Gasteiger partial charge on any atom is 0.271 e. The third kappa shape index (κ3) is 5.70. The quantitative estimate of drug-likeness (QED) is 0.434. The molecule has 0 saturated heterocycles. The standard InChI is InChI=1S/C21H17Cl2N3O3/c1-28-20-11-14(12-25-26-21(27)16-6-8-24-9-7-16)3-5-19(20)29-13-15-2-4-17(22)18(23)10-15/h2-12H,13H2,1H3,(H,26,27)/b25-12-. The highest BCUT2D eigenvalue weighted by Crippen LogP contribution is 2.29. The van der Waals surface area contributed by atoms with Crippen LogP contribution < -0.4 is 14.9 Å². The number of ether oxygens (including phenoxy) is 2. The van der Waals surface area contributed by atoms with Crippen molar-refractivity contribution in [2.24, 2.45) is 5.10 Å². The van der Waals surface area contributed by atoms with Gasteiger partial charge in [0.2, 0.25) is 0 Å². The van der Waals surface area contributed by atoms with Crippen molar-refractivity contribution in [3.63, 3.8) is 0 Å². The van der Waals surface area contributed by atoms with E-state index in [2.05, 4.69) is 15.5 Å². The highest BCUT2D eigenvalue weighted by molar-refractivity contribution is 6.42. The van der Waals surface area contributed by atoms with Gasteiger partial charge in [0.05, 0.1) is 23.4 Å². The third-order valence-electron chi connectivity index (χ3n) is 3.89. The molecule has 1 N–H and O–H groups in total. The monoisotopic (exact) mass is 429 g/mol. The molecule has 8 heteroatoms. The normalized spacial score (nSPS) is 10.7. The summed E-state index contributed by atoms with van der Waals surface area (Å²) < 4.78 is 11.2. The first-order valence-electron chi connectivity index (χ1n) is 8.55. The van der Waals surface area contributed by atoms with E-state index in [1.54, 1.807) is 62.0 Å². The minimum atomic E-state index is -0.322. The summed E-state index contributed by atoms with van der Waals surface area (Å²) in [4.78, 5) is 15.8. The molecule has 0 fully saturated rings. The van der Waals surface area contributed by atoms with Gasteiger partial charge in [-0.25, -0.2) is 5.43 Å². The van der Waals surface area contributed by atoms with Crippen LogP contribution >= 0.6 is 23.2 Å². The predicted molar refractivity (Wildman–Crippen MR) is 113 cm³/mol. The van der Waals surface area contributed by atoms with Crippen molar-refractivity contribution in [3.8, 4) is 11.5 Å². The molecule has 29 heavy (non-hydrogen) atoms. The van der Waals surface area contributed by atoms with Gasteiger partial charge in [0, 0.05) is 18.0 Å². The van der Waals surface area contributed by atoms with Crippen LogP contribution in [0.1, 0.15) is 21.5 Å². The Morgan fingerprint density at radius 2 is 1.86 bits per heavy atom. The minimum Gasteiger partial charge on any atom is -0.493 e. The Hall–Kier alpha value is -3.09. The molecule has 1 heterocycles. The Bertz CT molecular complexity index is 1030. The van der Waals surface area contributed by atoms with Gasteiger partial charge in [0.25, 0.3) is 5.91 Å². The van der Waals surface area contributed by atoms with Crippen molar-refractivity contribution >= 4 is 35.3 Å². The van der Waals surface area contributed by atoms with E-state index in [0.717, 1.165) is 11.1 Å². The lowest BCUT2D eigenvalue weighted by Crippen LogP contribution is -2.17.